The average Bonchev–Trinajstić information content (AvgIpc) is 2.48. The van der Waals surface area contributed by atoms with Gasteiger partial charge in [-0.1, -0.05) is 36.7 Å². The van der Waals surface area contributed by atoms with Gasteiger partial charge in [0.15, 0.2) is 0 Å². The van der Waals surface area contributed by atoms with Crippen LogP contribution in [0.15, 0.2) is 30.3 Å². The highest BCUT2D eigenvalue weighted by atomic mass is 35.5. The molecule has 4 heteroatoms. The number of benzene rings is 1. The van der Waals surface area contributed by atoms with Crippen LogP contribution >= 0.6 is 11.6 Å². The van der Waals surface area contributed by atoms with Crippen LogP contribution in [0.25, 0.3) is 10.9 Å². The third-order valence-corrected chi connectivity index (χ3v) is 4.71. The summed E-state index contributed by atoms with van der Waals surface area (Å²) < 4.78 is 0. The molecule has 1 fully saturated rings. The Hall–Kier alpha value is -1.16. The Morgan fingerprint density at radius 1 is 1.38 bits per heavy atom. The summed E-state index contributed by atoms with van der Waals surface area (Å²) >= 11 is 6.34. The first-order valence-corrected chi connectivity index (χ1v) is 7.85. The molecule has 0 saturated carbocycles. The predicted molar refractivity (Wildman–Crippen MR) is 86.5 cm³/mol. The highest BCUT2D eigenvalue weighted by Gasteiger charge is 2.30. The smallest absolute Gasteiger partial charge is 0.134 e. The second-order valence-corrected chi connectivity index (χ2v) is 6.77. The fourth-order valence-corrected chi connectivity index (χ4v) is 3.38. The molecule has 0 bridgehead atoms. The van der Waals surface area contributed by atoms with E-state index in [0.717, 1.165) is 48.9 Å². The lowest BCUT2D eigenvalue weighted by Crippen LogP contribution is -2.43. The first-order valence-electron chi connectivity index (χ1n) is 7.47. The molecule has 1 aliphatic heterocycles. The maximum Gasteiger partial charge on any atom is 0.134 e. The molecular formula is C17H21ClN2O. The van der Waals surface area contributed by atoms with E-state index in [4.69, 9.17) is 11.6 Å². The van der Waals surface area contributed by atoms with Crippen molar-refractivity contribution < 1.29 is 5.11 Å². The predicted octanol–water partition coefficient (Wildman–Crippen LogP) is 3.48. The van der Waals surface area contributed by atoms with Gasteiger partial charge in [0.05, 0.1) is 5.52 Å². The zero-order valence-corrected chi connectivity index (χ0v) is 13.1. The van der Waals surface area contributed by atoms with Crippen LogP contribution < -0.4 is 0 Å². The maximum atomic E-state index is 9.57. The van der Waals surface area contributed by atoms with Crippen molar-refractivity contribution in [3.05, 3.63) is 41.0 Å². The van der Waals surface area contributed by atoms with E-state index in [-0.39, 0.29) is 12.0 Å². The molecule has 1 aliphatic rings. The zero-order chi connectivity index (χ0) is 14.9. The van der Waals surface area contributed by atoms with Gasteiger partial charge in [-0.2, -0.15) is 0 Å². The summed E-state index contributed by atoms with van der Waals surface area (Å²) in [4.78, 5) is 6.86. The number of rotatable bonds is 3. The lowest BCUT2D eigenvalue weighted by Gasteiger charge is -2.39. The standard InChI is InChI=1S/C17H21ClN2O/c1-17(12-21)7-4-8-20(11-17)10-14-9-13-5-2-3-6-15(13)19-16(14)18/h2-3,5-6,9,21H,4,7-8,10-12H2,1H3. The summed E-state index contributed by atoms with van der Waals surface area (Å²) in [6.45, 7) is 5.16. The number of nitrogens with zero attached hydrogens (tertiary/aromatic N) is 2. The van der Waals surface area contributed by atoms with Gasteiger partial charge in [-0.3, -0.25) is 4.90 Å². The van der Waals surface area contributed by atoms with Gasteiger partial charge < -0.3 is 5.11 Å². The quantitative estimate of drug-likeness (QED) is 0.882. The van der Waals surface area contributed by atoms with Gasteiger partial charge in [-0.25, -0.2) is 4.98 Å². The summed E-state index contributed by atoms with van der Waals surface area (Å²) in [6, 6.07) is 10.2. The van der Waals surface area contributed by atoms with E-state index in [1.165, 1.54) is 0 Å². The molecule has 0 spiro atoms. The molecular weight excluding hydrogens is 284 g/mol. The Labute approximate surface area is 130 Å². The largest absolute Gasteiger partial charge is 0.396 e. The van der Waals surface area contributed by atoms with Crippen molar-refractivity contribution in [3.63, 3.8) is 0 Å². The lowest BCUT2D eigenvalue weighted by atomic mass is 9.82. The molecule has 0 amide bonds. The van der Waals surface area contributed by atoms with Gasteiger partial charge in [-0.15, -0.1) is 0 Å². The molecule has 1 aromatic carbocycles. The van der Waals surface area contributed by atoms with Crippen LogP contribution in [0.1, 0.15) is 25.3 Å². The number of likely N-dealkylation sites (tertiary alicyclic amines) is 1. The molecule has 2 heterocycles. The van der Waals surface area contributed by atoms with E-state index in [1.54, 1.807) is 0 Å². The van der Waals surface area contributed by atoms with Crippen LogP contribution in [-0.4, -0.2) is 34.7 Å². The fourth-order valence-electron chi connectivity index (χ4n) is 3.18. The molecule has 1 aromatic heterocycles. The number of piperidine rings is 1. The maximum absolute atomic E-state index is 9.57. The summed E-state index contributed by atoms with van der Waals surface area (Å²) in [6.07, 6.45) is 2.21. The molecule has 2 aromatic rings. The SMILES string of the molecule is CC1(CO)CCCN(Cc2cc3ccccc3nc2Cl)C1. The Morgan fingerprint density at radius 2 is 2.19 bits per heavy atom. The van der Waals surface area contributed by atoms with E-state index >= 15 is 0 Å². The minimum absolute atomic E-state index is 0.00893. The monoisotopic (exact) mass is 304 g/mol. The molecule has 0 radical (unpaired) electrons. The van der Waals surface area contributed by atoms with Crippen molar-refractivity contribution in [2.75, 3.05) is 19.7 Å². The fraction of sp³-hybridized carbons (Fsp3) is 0.471. The number of halogens is 1. The van der Waals surface area contributed by atoms with E-state index in [9.17, 15) is 5.11 Å². The summed E-state index contributed by atoms with van der Waals surface area (Å²) in [7, 11) is 0. The van der Waals surface area contributed by atoms with E-state index < -0.39 is 0 Å². The second kappa shape index (κ2) is 5.91. The van der Waals surface area contributed by atoms with E-state index in [1.807, 2.05) is 18.2 Å². The molecule has 1 N–H and O–H groups in total. The molecule has 1 saturated heterocycles. The number of aliphatic hydroxyl groups excluding tert-OH is 1. The lowest BCUT2D eigenvalue weighted by molar-refractivity contribution is 0.0429. The second-order valence-electron chi connectivity index (χ2n) is 6.41. The van der Waals surface area contributed by atoms with Crippen LogP contribution in [-0.2, 0) is 6.54 Å². The molecule has 3 nitrogen and oxygen atoms in total. The molecule has 3 rings (SSSR count). The number of fused-ring (bicyclic) bond motifs is 1. The minimum atomic E-state index is 0.00893. The topological polar surface area (TPSA) is 36.4 Å². The first kappa shape index (κ1) is 14.8. The van der Waals surface area contributed by atoms with Crippen molar-refractivity contribution in [2.24, 2.45) is 5.41 Å². The zero-order valence-electron chi connectivity index (χ0n) is 12.3. The summed E-state index contributed by atoms with van der Waals surface area (Å²) in [5.74, 6) is 0. The Kier molecular flexibility index (Phi) is 4.16. The number of aliphatic hydroxyl groups is 1. The molecule has 21 heavy (non-hydrogen) atoms. The van der Waals surface area contributed by atoms with Gasteiger partial charge in [-0.05, 0) is 31.5 Å². The van der Waals surface area contributed by atoms with Gasteiger partial charge >= 0.3 is 0 Å². The number of hydrogen-bond acceptors (Lipinski definition) is 3. The molecule has 112 valence electrons. The van der Waals surface area contributed by atoms with Crippen molar-refractivity contribution in [1.29, 1.82) is 0 Å². The van der Waals surface area contributed by atoms with Crippen molar-refractivity contribution in [1.82, 2.24) is 9.88 Å². The Morgan fingerprint density at radius 3 is 3.00 bits per heavy atom. The van der Waals surface area contributed by atoms with Gasteiger partial charge in [0.25, 0.3) is 0 Å². The van der Waals surface area contributed by atoms with Crippen LogP contribution in [0, 0.1) is 5.41 Å². The van der Waals surface area contributed by atoms with Crippen LogP contribution in [0.2, 0.25) is 5.15 Å². The van der Waals surface area contributed by atoms with Gasteiger partial charge in [0.2, 0.25) is 0 Å². The minimum Gasteiger partial charge on any atom is -0.396 e. The van der Waals surface area contributed by atoms with E-state index in [0.29, 0.717) is 5.15 Å². The van der Waals surface area contributed by atoms with Crippen molar-refractivity contribution in [3.8, 4) is 0 Å². The first-order chi connectivity index (χ1) is 10.1. The number of aromatic nitrogens is 1. The number of para-hydroxylation sites is 1. The van der Waals surface area contributed by atoms with Crippen LogP contribution in [0.4, 0.5) is 0 Å². The normalized spacial score (nSPS) is 23.6. The number of hydrogen-bond donors (Lipinski definition) is 1. The van der Waals surface area contributed by atoms with E-state index in [2.05, 4.69) is 28.9 Å². The highest BCUT2D eigenvalue weighted by Crippen LogP contribution is 2.30. The third-order valence-electron chi connectivity index (χ3n) is 4.39. The molecule has 1 unspecified atom stereocenters. The van der Waals surface area contributed by atoms with Crippen molar-refractivity contribution >= 4 is 22.5 Å². The molecule has 0 aliphatic carbocycles. The average molecular weight is 305 g/mol. The van der Waals surface area contributed by atoms with Gasteiger partial charge in [0, 0.05) is 36.1 Å². The Bertz CT molecular complexity index is 646. The Balaban J connectivity index is 1.82. The summed E-state index contributed by atoms with van der Waals surface area (Å²) in [5, 5.41) is 11.3. The van der Waals surface area contributed by atoms with Crippen LogP contribution in [0.5, 0.6) is 0 Å². The van der Waals surface area contributed by atoms with Gasteiger partial charge in [0.1, 0.15) is 5.15 Å². The van der Waals surface area contributed by atoms with Crippen LogP contribution in [0.3, 0.4) is 0 Å². The highest BCUT2D eigenvalue weighted by molar-refractivity contribution is 6.30. The summed E-state index contributed by atoms with van der Waals surface area (Å²) in [5.41, 5.74) is 2.01. The third kappa shape index (κ3) is 3.20. The van der Waals surface area contributed by atoms with Crippen molar-refractivity contribution in [2.45, 2.75) is 26.3 Å². The molecule has 1 atom stereocenters. The number of pyridine rings is 1.